The van der Waals surface area contributed by atoms with Crippen LogP contribution in [-0.4, -0.2) is 11.8 Å². The van der Waals surface area contributed by atoms with Crippen molar-refractivity contribution in [3.8, 4) is 0 Å². The molecule has 0 radical (unpaired) electrons. The van der Waals surface area contributed by atoms with Gasteiger partial charge < -0.3 is 15.1 Å². The number of halogens is 2. The number of carbonyl (C=O) groups is 2. The van der Waals surface area contributed by atoms with Gasteiger partial charge in [-0.2, -0.15) is 0 Å². The summed E-state index contributed by atoms with van der Waals surface area (Å²) in [6.07, 6.45) is 0.131. The Morgan fingerprint density at radius 3 is 2.37 bits per heavy atom. The molecular formula is C23H16Cl2N2O3. The van der Waals surface area contributed by atoms with Gasteiger partial charge in [-0.15, -0.1) is 0 Å². The zero-order chi connectivity index (χ0) is 21.1. The third kappa shape index (κ3) is 4.48. The Kier molecular flexibility index (Phi) is 5.74. The number of para-hydroxylation sites is 1. The standard InChI is InChI=1S/C23H16Cl2N2O3/c24-15-10-8-14(9-11-15)12-20(28)27-21-18-6-1-2-7-19(18)30-22(21)23(29)26-17-5-3-4-16(25)13-17/h1-11,13H,12H2,(H,26,29)(H,27,28). The lowest BCUT2D eigenvalue weighted by Crippen LogP contribution is -2.18. The summed E-state index contributed by atoms with van der Waals surface area (Å²) in [5.41, 5.74) is 2.14. The molecule has 1 heterocycles. The molecule has 0 atom stereocenters. The van der Waals surface area contributed by atoms with Gasteiger partial charge in [-0.1, -0.05) is 53.5 Å². The van der Waals surface area contributed by atoms with Crippen molar-refractivity contribution in [2.45, 2.75) is 6.42 Å². The molecular weight excluding hydrogens is 423 g/mol. The van der Waals surface area contributed by atoms with Crippen LogP contribution in [0.1, 0.15) is 16.1 Å². The number of benzene rings is 3. The molecule has 30 heavy (non-hydrogen) atoms. The van der Waals surface area contributed by atoms with Crippen LogP contribution in [0.25, 0.3) is 11.0 Å². The van der Waals surface area contributed by atoms with Crippen molar-refractivity contribution in [1.29, 1.82) is 0 Å². The molecule has 0 aliphatic heterocycles. The van der Waals surface area contributed by atoms with Gasteiger partial charge in [0.1, 0.15) is 11.3 Å². The maximum Gasteiger partial charge on any atom is 0.293 e. The molecule has 0 bridgehead atoms. The van der Waals surface area contributed by atoms with Gasteiger partial charge in [-0.3, -0.25) is 9.59 Å². The van der Waals surface area contributed by atoms with Crippen molar-refractivity contribution in [1.82, 2.24) is 0 Å². The van der Waals surface area contributed by atoms with E-state index in [4.69, 9.17) is 27.6 Å². The second kappa shape index (κ2) is 8.61. The third-order valence-corrected chi connectivity index (χ3v) is 4.91. The van der Waals surface area contributed by atoms with E-state index < -0.39 is 5.91 Å². The topological polar surface area (TPSA) is 71.3 Å². The monoisotopic (exact) mass is 438 g/mol. The van der Waals surface area contributed by atoms with Crippen molar-refractivity contribution in [2.24, 2.45) is 0 Å². The quantitative estimate of drug-likeness (QED) is 0.391. The van der Waals surface area contributed by atoms with E-state index in [0.29, 0.717) is 32.4 Å². The van der Waals surface area contributed by atoms with Crippen LogP contribution in [0, 0.1) is 0 Å². The van der Waals surface area contributed by atoms with Crippen LogP contribution in [-0.2, 0) is 11.2 Å². The van der Waals surface area contributed by atoms with Gasteiger partial charge >= 0.3 is 0 Å². The number of hydrogen-bond donors (Lipinski definition) is 2. The molecule has 0 saturated carbocycles. The first-order valence-corrected chi connectivity index (χ1v) is 9.88. The second-order valence-corrected chi connectivity index (χ2v) is 7.49. The van der Waals surface area contributed by atoms with Crippen molar-refractivity contribution in [3.05, 3.63) is 94.2 Å². The Morgan fingerprint density at radius 1 is 0.833 bits per heavy atom. The first kappa shape index (κ1) is 20.0. The first-order valence-electron chi connectivity index (χ1n) is 9.12. The average molecular weight is 439 g/mol. The molecule has 1 aromatic heterocycles. The van der Waals surface area contributed by atoms with Gasteiger partial charge in [0, 0.05) is 21.1 Å². The van der Waals surface area contributed by atoms with Crippen LogP contribution in [0.5, 0.6) is 0 Å². The molecule has 4 aromatic rings. The molecule has 0 fully saturated rings. The van der Waals surface area contributed by atoms with Gasteiger partial charge in [0.05, 0.1) is 6.42 Å². The van der Waals surface area contributed by atoms with E-state index in [-0.39, 0.29) is 18.1 Å². The highest BCUT2D eigenvalue weighted by Crippen LogP contribution is 2.32. The predicted octanol–water partition coefficient (Wildman–Crippen LogP) is 6.17. The van der Waals surface area contributed by atoms with Crippen LogP contribution in [0.15, 0.2) is 77.2 Å². The van der Waals surface area contributed by atoms with Gasteiger partial charge in [-0.05, 0) is 48.0 Å². The summed E-state index contributed by atoms with van der Waals surface area (Å²) in [4.78, 5) is 25.5. The Labute approximate surface area is 182 Å². The van der Waals surface area contributed by atoms with E-state index in [2.05, 4.69) is 10.6 Å². The van der Waals surface area contributed by atoms with Crippen LogP contribution in [0.2, 0.25) is 10.0 Å². The van der Waals surface area contributed by atoms with Crippen LogP contribution in [0.4, 0.5) is 11.4 Å². The SMILES string of the molecule is O=C(Cc1ccc(Cl)cc1)Nc1c(C(=O)Nc2cccc(Cl)c2)oc2ccccc12. The van der Waals surface area contributed by atoms with E-state index in [1.165, 1.54) is 0 Å². The zero-order valence-corrected chi connectivity index (χ0v) is 17.1. The molecule has 4 rings (SSSR count). The highest BCUT2D eigenvalue weighted by atomic mass is 35.5. The molecule has 2 N–H and O–H groups in total. The lowest BCUT2D eigenvalue weighted by Gasteiger charge is -2.08. The van der Waals surface area contributed by atoms with Gasteiger partial charge in [0.25, 0.3) is 5.91 Å². The largest absolute Gasteiger partial charge is 0.449 e. The third-order valence-electron chi connectivity index (χ3n) is 4.43. The van der Waals surface area contributed by atoms with Crippen molar-refractivity contribution >= 4 is 57.4 Å². The summed E-state index contributed by atoms with van der Waals surface area (Å²) in [6.45, 7) is 0. The average Bonchev–Trinajstić information content (AvgIpc) is 3.08. The van der Waals surface area contributed by atoms with Gasteiger partial charge in [-0.25, -0.2) is 0 Å². The lowest BCUT2D eigenvalue weighted by molar-refractivity contribution is -0.115. The van der Waals surface area contributed by atoms with E-state index in [0.717, 1.165) is 5.56 Å². The fourth-order valence-electron chi connectivity index (χ4n) is 3.05. The molecule has 3 aromatic carbocycles. The number of fused-ring (bicyclic) bond motifs is 1. The molecule has 0 saturated heterocycles. The summed E-state index contributed by atoms with van der Waals surface area (Å²) in [5.74, 6) is -0.753. The van der Waals surface area contributed by atoms with Crippen molar-refractivity contribution < 1.29 is 14.0 Å². The first-order chi connectivity index (χ1) is 14.5. The Bertz CT molecular complexity index is 1230. The Hall–Kier alpha value is -3.28. The van der Waals surface area contributed by atoms with Crippen LogP contribution in [0.3, 0.4) is 0 Å². The number of rotatable bonds is 5. The number of amides is 2. The summed E-state index contributed by atoms with van der Waals surface area (Å²) in [7, 11) is 0. The van der Waals surface area contributed by atoms with E-state index in [1.807, 2.05) is 6.07 Å². The number of nitrogens with one attached hydrogen (secondary N) is 2. The highest BCUT2D eigenvalue weighted by molar-refractivity contribution is 6.31. The summed E-state index contributed by atoms with van der Waals surface area (Å²) >= 11 is 11.9. The van der Waals surface area contributed by atoms with Gasteiger partial charge in [0.15, 0.2) is 0 Å². The van der Waals surface area contributed by atoms with E-state index in [1.54, 1.807) is 66.7 Å². The molecule has 0 unspecified atom stereocenters. The minimum Gasteiger partial charge on any atom is -0.449 e. The summed E-state index contributed by atoms with van der Waals surface area (Å²) in [5, 5.41) is 7.30. The molecule has 7 heteroatoms. The number of carbonyl (C=O) groups excluding carboxylic acids is 2. The van der Waals surface area contributed by atoms with E-state index >= 15 is 0 Å². The van der Waals surface area contributed by atoms with Gasteiger partial charge in [0.2, 0.25) is 11.7 Å². The van der Waals surface area contributed by atoms with Crippen LogP contribution >= 0.6 is 23.2 Å². The normalized spacial score (nSPS) is 10.7. The van der Waals surface area contributed by atoms with E-state index in [9.17, 15) is 9.59 Å². The molecule has 0 aliphatic rings. The summed E-state index contributed by atoms with van der Waals surface area (Å²) < 4.78 is 5.75. The Balaban J connectivity index is 1.62. The molecule has 150 valence electrons. The number of furan rings is 1. The minimum atomic E-state index is -0.491. The van der Waals surface area contributed by atoms with Crippen LogP contribution < -0.4 is 10.6 Å². The zero-order valence-electron chi connectivity index (χ0n) is 15.6. The fraction of sp³-hybridized carbons (Fsp3) is 0.0435. The number of hydrogen-bond acceptors (Lipinski definition) is 3. The maximum absolute atomic E-state index is 12.9. The lowest BCUT2D eigenvalue weighted by atomic mass is 10.1. The number of anilines is 2. The molecule has 0 aliphatic carbocycles. The minimum absolute atomic E-state index is 0.0145. The predicted molar refractivity (Wildman–Crippen MR) is 119 cm³/mol. The molecule has 2 amide bonds. The smallest absolute Gasteiger partial charge is 0.293 e. The molecule has 5 nitrogen and oxygen atoms in total. The fourth-order valence-corrected chi connectivity index (χ4v) is 3.37. The highest BCUT2D eigenvalue weighted by Gasteiger charge is 2.22. The second-order valence-electron chi connectivity index (χ2n) is 6.62. The Morgan fingerprint density at radius 2 is 1.60 bits per heavy atom. The maximum atomic E-state index is 12.9. The summed E-state index contributed by atoms with van der Waals surface area (Å²) in [6, 6.07) is 20.9. The van der Waals surface area contributed by atoms with Crippen molar-refractivity contribution in [2.75, 3.05) is 10.6 Å². The van der Waals surface area contributed by atoms with Crippen molar-refractivity contribution in [3.63, 3.8) is 0 Å². The molecule has 0 spiro atoms.